The highest BCUT2D eigenvalue weighted by Crippen LogP contribution is 2.69. The molecule has 36 heavy (non-hydrogen) atoms. The van der Waals surface area contributed by atoms with Gasteiger partial charge in [0.1, 0.15) is 5.82 Å². The van der Waals surface area contributed by atoms with E-state index in [1.807, 2.05) is 23.1 Å². The van der Waals surface area contributed by atoms with Crippen molar-refractivity contribution in [2.24, 2.45) is 5.92 Å². The number of benzene rings is 3. The molecule has 0 bridgehead atoms. The summed E-state index contributed by atoms with van der Waals surface area (Å²) >= 11 is 0. The molecule has 1 saturated carbocycles. The third kappa shape index (κ3) is 3.30. The summed E-state index contributed by atoms with van der Waals surface area (Å²) in [6, 6.07) is 28.3. The highest BCUT2D eigenvalue weighted by atomic mass is 19.1. The maximum atomic E-state index is 13.5. The van der Waals surface area contributed by atoms with Gasteiger partial charge in [0.25, 0.3) is 0 Å². The molecule has 2 aromatic heterocycles. The van der Waals surface area contributed by atoms with Gasteiger partial charge in [0.05, 0.1) is 23.1 Å². The highest BCUT2D eigenvalue weighted by molar-refractivity contribution is 5.83. The van der Waals surface area contributed by atoms with E-state index < -0.39 is 0 Å². The molecule has 5 heteroatoms. The number of nitrogens with zero attached hydrogens (tertiary/aromatic N) is 4. The van der Waals surface area contributed by atoms with Gasteiger partial charge in [0.15, 0.2) is 0 Å². The number of aryl methyl sites for hydroxylation is 1. The average molecular weight is 475 g/mol. The predicted octanol–water partition coefficient (Wildman–Crippen LogP) is 6.04. The van der Waals surface area contributed by atoms with E-state index in [0.29, 0.717) is 11.8 Å². The number of halogens is 1. The van der Waals surface area contributed by atoms with Crippen molar-refractivity contribution in [3.05, 3.63) is 126 Å². The minimum Gasteiger partial charge on any atom is -0.296 e. The first-order chi connectivity index (χ1) is 17.6. The molecule has 3 aromatic carbocycles. The van der Waals surface area contributed by atoms with E-state index in [-0.39, 0.29) is 11.2 Å². The number of fused-ring (bicyclic) bond motifs is 2. The molecule has 2 fully saturated rings. The monoisotopic (exact) mass is 474 g/mol. The Labute approximate surface area is 210 Å². The standard InChI is InChI=1S/C31H27FN4/c1-21-15-29-23(17-34-36(29)26-12-10-24(32)11-13-26)16-27(21)31-20-35(18-25-9-5-6-14-33-25)19-28(31)30(31)22-7-3-2-4-8-22/h2-17,28,30H,18-20H2,1H3/t28-,30-,31+/m1/s1. The summed E-state index contributed by atoms with van der Waals surface area (Å²) < 4.78 is 15.4. The molecule has 0 amide bonds. The van der Waals surface area contributed by atoms with Crippen molar-refractivity contribution >= 4 is 10.9 Å². The second-order valence-corrected chi connectivity index (χ2v) is 10.3. The second kappa shape index (κ2) is 8.10. The van der Waals surface area contributed by atoms with E-state index in [9.17, 15) is 4.39 Å². The summed E-state index contributed by atoms with van der Waals surface area (Å²) in [6.07, 6.45) is 3.82. The number of likely N-dealkylation sites (tertiary alicyclic amines) is 1. The number of pyridine rings is 1. The maximum Gasteiger partial charge on any atom is 0.123 e. The van der Waals surface area contributed by atoms with Crippen molar-refractivity contribution in [2.45, 2.75) is 24.8 Å². The molecule has 1 saturated heterocycles. The van der Waals surface area contributed by atoms with Crippen LogP contribution in [0.15, 0.2) is 97.3 Å². The maximum absolute atomic E-state index is 13.5. The fourth-order valence-corrected chi connectivity index (χ4v) is 6.67. The first-order valence-corrected chi connectivity index (χ1v) is 12.6. The minimum absolute atomic E-state index is 0.0897. The van der Waals surface area contributed by atoms with Crippen LogP contribution in [0.4, 0.5) is 4.39 Å². The Morgan fingerprint density at radius 2 is 1.78 bits per heavy atom. The van der Waals surface area contributed by atoms with Crippen LogP contribution in [0.25, 0.3) is 16.6 Å². The Kier molecular flexibility index (Phi) is 4.83. The fourth-order valence-electron chi connectivity index (χ4n) is 6.67. The van der Waals surface area contributed by atoms with E-state index in [1.165, 1.54) is 28.8 Å². The van der Waals surface area contributed by atoms with Crippen LogP contribution in [0.5, 0.6) is 0 Å². The lowest BCUT2D eigenvalue weighted by molar-refractivity contribution is 0.279. The first kappa shape index (κ1) is 21.5. The Morgan fingerprint density at radius 3 is 2.56 bits per heavy atom. The molecule has 7 rings (SSSR count). The SMILES string of the molecule is Cc1cc2c(cnn2-c2ccc(F)cc2)cc1[C@@]12CN(Cc3ccccn3)C[C@@H]1[C@H]2c1ccccc1. The minimum atomic E-state index is -0.240. The average Bonchev–Trinajstić information content (AvgIpc) is 3.15. The van der Waals surface area contributed by atoms with E-state index >= 15 is 0 Å². The molecule has 4 nitrogen and oxygen atoms in total. The van der Waals surface area contributed by atoms with Crippen molar-refractivity contribution in [1.29, 1.82) is 0 Å². The zero-order chi connectivity index (χ0) is 24.3. The second-order valence-electron chi connectivity index (χ2n) is 10.3. The van der Waals surface area contributed by atoms with Gasteiger partial charge < -0.3 is 0 Å². The summed E-state index contributed by atoms with van der Waals surface area (Å²) in [7, 11) is 0. The lowest BCUT2D eigenvalue weighted by atomic mass is 9.86. The summed E-state index contributed by atoms with van der Waals surface area (Å²) in [6.45, 7) is 5.20. The van der Waals surface area contributed by atoms with E-state index in [2.05, 4.69) is 76.5 Å². The Hall–Kier alpha value is -3.83. The molecule has 1 aliphatic heterocycles. The number of rotatable bonds is 5. The Balaban J connectivity index is 1.29. The van der Waals surface area contributed by atoms with Gasteiger partial charge in [-0.25, -0.2) is 9.07 Å². The summed E-state index contributed by atoms with van der Waals surface area (Å²) in [4.78, 5) is 7.14. The zero-order valence-corrected chi connectivity index (χ0v) is 20.2. The molecular weight excluding hydrogens is 447 g/mol. The zero-order valence-electron chi connectivity index (χ0n) is 20.2. The molecule has 3 atom stereocenters. The van der Waals surface area contributed by atoms with Crippen molar-refractivity contribution in [3.8, 4) is 5.69 Å². The number of hydrogen-bond donors (Lipinski definition) is 0. The van der Waals surface area contributed by atoms with Crippen molar-refractivity contribution in [3.63, 3.8) is 0 Å². The van der Waals surface area contributed by atoms with E-state index in [4.69, 9.17) is 0 Å². The molecule has 0 unspecified atom stereocenters. The summed E-state index contributed by atoms with van der Waals surface area (Å²) in [5.41, 5.74) is 7.28. The van der Waals surface area contributed by atoms with Gasteiger partial charge in [-0.05, 0) is 78.1 Å². The van der Waals surface area contributed by atoms with E-state index in [0.717, 1.165) is 41.9 Å². The van der Waals surface area contributed by atoms with Crippen LogP contribution in [-0.2, 0) is 12.0 Å². The Morgan fingerprint density at radius 1 is 0.972 bits per heavy atom. The van der Waals surface area contributed by atoms with Crippen LogP contribution in [0, 0.1) is 18.7 Å². The molecule has 0 radical (unpaired) electrons. The van der Waals surface area contributed by atoms with Gasteiger partial charge in [-0.15, -0.1) is 0 Å². The predicted molar refractivity (Wildman–Crippen MR) is 140 cm³/mol. The fraction of sp³-hybridized carbons (Fsp3) is 0.226. The third-order valence-electron chi connectivity index (χ3n) is 8.21. The largest absolute Gasteiger partial charge is 0.296 e. The lowest BCUT2D eigenvalue weighted by Gasteiger charge is -2.25. The number of piperidine rings is 1. The van der Waals surface area contributed by atoms with Crippen LogP contribution in [-0.4, -0.2) is 32.8 Å². The van der Waals surface area contributed by atoms with Crippen molar-refractivity contribution in [2.75, 3.05) is 13.1 Å². The molecule has 0 spiro atoms. The van der Waals surface area contributed by atoms with Crippen molar-refractivity contribution < 1.29 is 4.39 Å². The Bertz CT molecular complexity index is 1540. The van der Waals surface area contributed by atoms with Crippen LogP contribution in [0.3, 0.4) is 0 Å². The van der Waals surface area contributed by atoms with Gasteiger partial charge in [-0.1, -0.05) is 36.4 Å². The summed E-state index contributed by atoms with van der Waals surface area (Å²) in [5.74, 6) is 0.852. The molecule has 1 aliphatic carbocycles. The first-order valence-electron chi connectivity index (χ1n) is 12.6. The molecular formula is C31H27FN4. The van der Waals surface area contributed by atoms with Gasteiger partial charge in [0.2, 0.25) is 0 Å². The molecule has 5 aromatic rings. The van der Waals surface area contributed by atoms with Crippen LogP contribution >= 0.6 is 0 Å². The van der Waals surface area contributed by atoms with Crippen LogP contribution < -0.4 is 0 Å². The molecule has 3 heterocycles. The van der Waals surface area contributed by atoms with Gasteiger partial charge in [-0.2, -0.15) is 5.10 Å². The quantitative estimate of drug-likeness (QED) is 0.312. The van der Waals surface area contributed by atoms with Crippen LogP contribution in [0.1, 0.15) is 28.3 Å². The van der Waals surface area contributed by atoms with Gasteiger partial charge in [-0.3, -0.25) is 9.88 Å². The van der Waals surface area contributed by atoms with Gasteiger partial charge >= 0.3 is 0 Å². The molecule has 2 aliphatic rings. The molecule has 0 N–H and O–H groups in total. The number of aromatic nitrogens is 3. The normalized spacial score (nSPS) is 23.2. The topological polar surface area (TPSA) is 34.0 Å². The third-order valence-corrected chi connectivity index (χ3v) is 8.21. The van der Waals surface area contributed by atoms with Gasteiger partial charge in [0, 0.05) is 42.6 Å². The van der Waals surface area contributed by atoms with Crippen LogP contribution in [0.2, 0.25) is 0 Å². The smallest absolute Gasteiger partial charge is 0.123 e. The van der Waals surface area contributed by atoms with E-state index in [1.54, 1.807) is 12.1 Å². The highest BCUT2D eigenvalue weighted by Gasteiger charge is 2.70. The summed E-state index contributed by atoms with van der Waals surface area (Å²) in [5, 5.41) is 5.78. The lowest BCUT2D eigenvalue weighted by Crippen LogP contribution is -2.29. The van der Waals surface area contributed by atoms with Crippen molar-refractivity contribution in [1.82, 2.24) is 19.7 Å². The number of hydrogen-bond acceptors (Lipinski definition) is 3. The molecule has 178 valence electrons.